The maximum atomic E-state index is 13.9. The molecule has 5 heteroatoms. The summed E-state index contributed by atoms with van der Waals surface area (Å²) >= 11 is 1.56. The van der Waals surface area contributed by atoms with E-state index >= 15 is 0 Å². The summed E-state index contributed by atoms with van der Waals surface area (Å²) < 4.78 is 27.5. The van der Waals surface area contributed by atoms with E-state index in [1.54, 1.807) is 29.4 Å². The van der Waals surface area contributed by atoms with E-state index in [4.69, 9.17) is 5.26 Å². The molecule has 1 aromatic heterocycles. The zero-order valence-electron chi connectivity index (χ0n) is 10.5. The van der Waals surface area contributed by atoms with Crippen LogP contribution in [-0.2, 0) is 0 Å². The Morgan fingerprint density at radius 2 is 2.00 bits per heavy atom. The first-order chi connectivity index (χ1) is 9.06. The largest absolute Gasteiger partial charge is 0.365 e. The molecule has 0 N–H and O–H groups in total. The number of hydrogen-bond donors (Lipinski definition) is 0. The summed E-state index contributed by atoms with van der Waals surface area (Å²) in [4.78, 5) is 2.72. The first-order valence-electron chi connectivity index (χ1n) is 5.70. The minimum atomic E-state index is -1.09. The molecule has 0 aliphatic heterocycles. The van der Waals surface area contributed by atoms with Crippen molar-refractivity contribution in [1.29, 1.82) is 5.26 Å². The zero-order valence-corrected chi connectivity index (χ0v) is 11.3. The van der Waals surface area contributed by atoms with E-state index in [2.05, 4.69) is 0 Å². The van der Waals surface area contributed by atoms with E-state index in [1.807, 2.05) is 24.4 Å². The number of anilines is 1. The third-order valence-corrected chi connectivity index (χ3v) is 4.14. The maximum absolute atomic E-state index is 13.9. The highest BCUT2D eigenvalue weighted by Gasteiger charge is 2.20. The predicted octanol–water partition coefficient (Wildman–Crippen LogP) is 4.10. The van der Waals surface area contributed by atoms with Crippen molar-refractivity contribution in [3.63, 3.8) is 0 Å². The van der Waals surface area contributed by atoms with Gasteiger partial charge in [-0.3, -0.25) is 0 Å². The maximum Gasteiger partial charge on any atom is 0.183 e. The summed E-state index contributed by atoms with van der Waals surface area (Å²) in [6.07, 6.45) is 0. The van der Waals surface area contributed by atoms with Crippen molar-refractivity contribution < 1.29 is 8.78 Å². The Labute approximate surface area is 114 Å². The van der Waals surface area contributed by atoms with E-state index in [9.17, 15) is 8.78 Å². The van der Waals surface area contributed by atoms with Crippen molar-refractivity contribution in [3.05, 3.63) is 51.7 Å². The summed E-state index contributed by atoms with van der Waals surface area (Å²) in [6.45, 7) is 1.92. The number of thiophene rings is 1. The molecule has 0 amide bonds. The van der Waals surface area contributed by atoms with Crippen LogP contribution in [0.15, 0.2) is 29.6 Å². The van der Waals surface area contributed by atoms with Crippen LogP contribution in [-0.4, -0.2) is 7.05 Å². The second-order valence-corrected chi connectivity index (χ2v) is 5.15. The average Bonchev–Trinajstić information content (AvgIpc) is 2.94. The molecule has 1 heterocycles. The Kier molecular flexibility index (Phi) is 3.82. The molecule has 0 radical (unpaired) electrons. The number of nitriles is 1. The van der Waals surface area contributed by atoms with Crippen molar-refractivity contribution in [2.75, 3.05) is 11.9 Å². The van der Waals surface area contributed by atoms with Gasteiger partial charge in [0.1, 0.15) is 6.07 Å². The smallest absolute Gasteiger partial charge is 0.183 e. The van der Waals surface area contributed by atoms with Crippen molar-refractivity contribution in [2.45, 2.75) is 13.0 Å². The quantitative estimate of drug-likeness (QED) is 0.845. The first-order valence-corrected chi connectivity index (χ1v) is 6.58. The van der Waals surface area contributed by atoms with E-state index in [1.165, 1.54) is 12.1 Å². The number of hydrogen-bond acceptors (Lipinski definition) is 3. The third kappa shape index (κ3) is 2.45. The van der Waals surface area contributed by atoms with Gasteiger partial charge in [-0.2, -0.15) is 5.26 Å². The summed E-state index contributed by atoms with van der Waals surface area (Å²) in [5.41, 5.74) is -0.129. The van der Waals surface area contributed by atoms with Crippen molar-refractivity contribution in [2.24, 2.45) is 0 Å². The molecular weight excluding hydrogens is 266 g/mol. The standard InChI is InChI=1S/C14H12F2N2S/c1-9(12-4-3-7-19-12)18(2)11-6-5-10(8-17)13(15)14(11)16/h3-7,9H,1-2H3. The molecule has 0 fully saturated rings. The van der Waals surface area contributed by atoms with Crippen LogP contribution in [0.2, 0.25) is 0 Å². The average molecular weight is 278 g/mol. The van der Waals surface area contributed by atoms with Gasteiger partial charge >= 0.3 is 0 Å². The molecule has 2 rings (SSSR count). The van der Waals surface area contributed by atoms with Gasteiger partial charge < -0.3 is 4.90 Å². The third-order valence-electron chi connectivity index (χ3n) is 3.10. The molecule has 0 aliphatic carbocycles. The minimum absolute atomic E-state index is 0.0677. The number of halogens is 2. The normalized spacial score (nSPS) is 11.9. The lowest BCUT2D eigenvalue weighted by Gasteiger charge is -2.26. The highest BCUT2D eigenvalue weighted by Crippen LogP contribution is 2.31. The van der Waals surface area contributed by atoms with Crippen LogP contribution in [0.4, 0.5) is 14.5 Å². The molecule has 0 saturated carbocycles. The Bertz CT molecular complexity index is 617. The fourth-order valence-electron chi connectivity index (χ4n) is 1.83. The highest BCUT2D eigenvalue weighted by molar-refractivity contribution is 7.10. The predicted molar refractivity (Wildman–Crippen MR) is 72.2 cm³/mol. The zero-order chi connectivity index (χ0) is 14.0. The van der Waals surface area contributed by atoms with E-state index in [-0.39, 0.29) is 17.3 Å². The van der Waals surface area contributed by atoms with Gasteiger partial charge in [0.05, 0.1) is 17.3 Å². The summed E-state index contributed by atoms with van der Waals surface area (Å²) in [7, 11) is 1.70. The van der Waals surface area contributed by atoms with Crippen LogP contribution < -0.4 is 4.90 Å². The van der Waals surface area contributed by atoms with Crippen LogP contribution >= 0.6 is 11.3 Å². The van der Waals surface area contributed by atoms with Gasteiger partial charge in [-0.25, -0.2) is 8.78 Å². The van der Waals surface area contributed by atoms with Gasteiger partial charge in [-0.05, 0) is 30.5 Å². The van der Waals surface area contributed by atoms with Gasteiger partial charge in [0.25, 0.3) is 0 Å². The summed E-state index contributed by atoms with van der Waals surface area (Å²) in [5.74, 6) is -2.07. The molecular formula is C14H12F2N2S. The van der Waals surface area contributed by atoms with E-state index < -0.39 is 11.6 Å². The molecule has 1 unspecified atom stereocenters. The van der Waals surface area contributed by atoms with Gasteiger partial charge in [0.15, 0.2) is 11.6 Å². The molecule has 0 bridgehead atoms. The SMILES string of the molecule is CC(c1cccs1)N(C)c1ccc(C#N)c(F)c1F. The van der Waals surface area contributed by atoms with E-state index in [0.29, 0.717) is 0 Å². The Hall–Kier alpha value is -1.93. The topological polar surface area (TPSA) is 27.0 Å². The second-order valence-electron chi connectivity index (χ2n) is 4.17. The lowest BCUT2D eigenvalue weighted by Crippen LogP contribution is -2.22. The molecule has 0 aliphatic rings. The Morgan fingerprint density at radius 1 is 1.26 bits per heavy atom. The fraction of sp³-hybridized carbons (Fsp3) is 0.214. The molecule has 1 aromatic carbocycles. The van der Waals surface area contributed by atoms with Crippen LogP contribution in [0.25, 0.3) is 0 Å². The monoisotopic (exact) mass is 278 g/mol. The van der Waals surface area contributed by atoms with E-state index in [0.717, 1.165) is 4.88 Å². The van der Waals surface area contributed by atoms with Crippen molar-refractivity contribution in [3.8, 4) is 6.07 Å². The lowest BCUT2D eigenvalue weighted by atomic mass is 10.1. The van der Waals surface area contributed by atoms with Crippen molar-refractivity contribution >= 4 is 17.0 Å². The molecule has 0 saturated heterocycles. The minimum Gasteiger partial charge on any atom is -0.365 e. The molecule has 0 spiro atoms. The van der Waals surface area contributed by atoms with Crippen LogP contribution in [0.5, 0.6) is 0 Å². The van der Waals surface area contributed by atoms with Gasteiger partial charge in [-0.15, -0.1) is 11.3 Å². The lowest BCUT2D eigenvalue weighted by molar-refractivity contribution is 0.503. The Morgan fingerprint density at radius 3 is 2.58 bits per heavy atom. The van der Waals surface area contributed by atoms with Gasteiger partial charge in [-0.1, -0.05) is 6.07 Å². The molecule has 2 aromatic rings. The van der Waals surface area contributed by atoms with Crippen molar-refractivity contribution in [1.82, 2.24) is 0 Å². The fourth-order valence-corrected chi connectivity index (χ4v) is 2.65. The van der Waals surface area contributed by atoms with Crippen LogP contribution in [0.3, 0.4) is 0 Å². The van der Waals surface area contributed by atoms with Gasteiger partial charge in [0.2, 0.25) is 0 Å². The summed E-state index contributed by atoms with van der Waals surface area (Å²) in [6, 6.07) is 8.15. The number of nitrogens with zero attached hydrogens (tertiary/aromatic N) is 2. The van der Waals surface area contributed by atoms with Gasteiger partial charge in [0, 0.05) is 11.9 Å². The van der Waals surface area contributed by atoms with Crippen LogP contribution in [0.1, 0.15) is 23.4 Å². The number of rotatable bonds is 3. The Balaban J connectivity index is 2.37. The molecule has 19 heavy (non-hydrogen) atoms. The summed E-state index contributed by atoms with van der Waals surface area (Å²) in [5, 5.41) is 10.6. The van der Waals surface area contributed by atoms with Crippen LogP contribution in [0, 0.1) is 23.0 Å². The number of benzene rings is 1. The molecule has 98 valence electrons. The highest BCUT2D eigenvalue weighted by atomic mass is 32.1. The second kappa shape index (κ2) is 5.37. The molecule has 1 atom stereocenters. The molecule has 2 nitrogen and oxygen atoms in total. The first kappa shape index (κ1) is 13.5.